The molecule has 0 aliphatic carbocycles. The number of nitrogens with zero attached hydrogens (tertiary/aromatic N) is 4. The minimum atomic E-state index is 0. The van der Waals surface area contributed by atoms with Gasteiger partial charge in [0.25, 0.3) is 0 Å². The maximum Gasteiger partial charge on any atom is 0.134 e. The molecule has 2 rings (SSSR count). The summed E-state index contributed by atoms with van der Waals surface area (Å²) >= 11 is 0. The molecule has 0 spiro atoms. The van der Waals surface area contributed by atoms with Crippen LogP contribution >= 0.6 is 0 Å². The zero-order valence-corrected chi connectivity index (χ0v) is 29.9. The molecule has 2 aromatic carbocycles. The van der Waals surface area contributed by atoms with Crippen LogP contribution in [0.1, 0.15) is 51.7 Å². The van der Waals surface area contributed by atoms with E-state index in [0.29, 0.717) is 0 Å². The second-order valence-electron chi connectivity index (χ2n) is 7.23. The van der Waals surface area contributed by atoms with Crippen LogP contribution in [0.25, 0.3) is 0 Å². The smallest absolute Gasteiger partial charge is 0.134 e. The molecule has 0 atom stereocenters. The van der Waals surface area contributed by atoms with Crippen molar-refractivity contribution in [2.75, 3.05) is 41.3 Å². The Kier molecular flexibility index (Phi) is 30.2. The molecule has 6 nitrogen and oxygen atoms in total. The summed E-state index contributed by atoms with van der Waals surface area (Å²) in [7, 11) is 7.73. The summed E-state index contributed by atoms with van der Waals surface area (Å²) in [5, 5.41) is 19.4. The minimum Gasteiger partial charge on any atom is -0.507 e. The number of phenolic OH excluding ortho intramolecular Hbond substituents is 2. The predicted molar refractivity (Wildman–Crippen MR) is 149 cm³/mol. The van der Waals surface area contributed by atoms with Gasteiger partial charge in [-0.15, -0.1) is 0 Å². The first-order valence-corrected chi connectivity index (χ1v) is 11.7. The third-order valence-electron chi connectivity index (χ3n) is 4.11. The zero-order chi connectivity index (χ0) is 26.5. The third kappa shape index (κ3) is 16.1. The van der Waals surface area contributed by atoms with Gasteiger partial charge < -0.3 is 33.9 Å². The van der Waals surface area contributed by atoms with Crippen LogP contribution in [-0.4, -0.2) is 73.0 Å². The molecule has 2 N–H and O–H groups in total. The van der Waals surface area contributed by atoms with Crippen molar-refractivity contribution in [2.24, 2.45) is 9.98 Å². The van der Waals surface area contributed by atoms with E-state index in [9.17, 15) is 10.2 Å². The molecule has 0 radical (unpaired) electrons. The van der Waals surface area contributed by atoms with Gasteiger partial charge in [-0.05, 0) is 37.1 Å². The van der Waals surface area contributed by atoms with E-state index in [0.717, 1.165) is 48.7 Å². The van der Waals surface area contributed by atoms with E-state index < -0.39 is 0 Å². The van der Waals surface area contributed by atoms with Crippen molar-refractivity contribution in [2.45, 2.75) is 40.5 Å². The topological polar surface area (TPSA) is 71.7 Å². The number of rotatable bonds is 6. The fourth-order valence-corrected chi connectivity index (χ4v) is 2.70. The van der Waals surface area contributed by atoms with Crippen molar-refractivity contribution >= 4 is 11.7 Å². The number of phenols is 2. The van der Waals surface area contributed by atoms with Gasteiger partial charge in [0, 0.05) is 80.2 Å². The van der Waals surface area contributed by atoms with E-state index in [1.54, 1.807) is 26.0 Å². The molecular weight excluding hydrogens is 555 g/mol. The van der Waals surface area contributed by atoms with Crippen molar-refractivity contribution in [1.82, 2.24) is 9.80 Å². The van der Waals surface area contributed by atoms with Gasteiger partial charge in [0.1, 0.15) is 23.2 Å². The Morgan fingerprint density at radius 1 is 0.639 bits per heavy atom. The molecule has 36 heavy (non-hydrogen) atoms. The number of benzene rings is 2. The molecule has 0 bridgehead atoms. The fourth-order valence-electron chi connectivity index (χ4n) is 2.70. The Balaban J connectivity index is -0.000000238. The van der Waals surface area contributed by atoms with E-state index in [1.165, 1.54) is 0 Å². The Morgan fingerprint density at radius 3 is 1.14 bits per heavy atom. The standard InChI is InChI=1S/2C12H18N2O.2C2H5.2Zn/c2*1-4-9-13-12(14(2)3)10-7-5-6-8-11(10)15;2*1-2;;/h2*5-8,15H,4,9H2,1-3H3;2*1H2,2H3;;/q;;2*-1;;. The molecular formula is C28H46N4O2Zn2-2. The minimum absolute atomic E-state index is 0. The quantitative estimate of drug-likeness (QED) is 0.187. The van der Waals surface area contributed by atoms with E-state index in [4.69, 9.17) is 0 Å². The van der Waals surface area contributed by atoms with Gasteiger partial charge >= 0.3 is 0 Å². The van der Waals surface area contributed by atoms with Crippen LogP contribution in [0.15, 0.2) is 58.5 Å². The van der Waals surface area contributed by atoms with Gasteiger partial charge in [0.05, 0.1) is 11.1 Å². The van der Waals surface area contributed by atoms with Gasteiger partial charge in [-0.25, -0.2) is 0 Å². The predicted octanol–water partition coefficient (Wildman–Crippen LogP) is 5.90. The number of hydrogen-bond donors (Lipinski definition) is 2. The maximum absolute atomic E-state index is 9.72. The summed E-state index contributed by atoms with van der Waals surface area (Å²) in [6.07, 6.45) is 2.01. The molecule has 2 aromatic rings. The van der Waals surface area contributed by atoms with E-state index >= 15 is 0 Å². The summed E-state index contributed by atoms with van der Waals surface area (Å²) in [6, 6.07) is 14.5. The third-order valence-corrected chi connectivity index (χ3v) is 4.11. The summed E-state index contributed by atoms with van der Waals surface area (Å²) in [4.78, 5) is 12.8. The van der Waals surface area contributed by atoms with Crippen LogP contribution in [0.3, 0.4) is 0 Å². The Labute approximate surface area is 246 Å². The average Bonchev–Trinajstić information content (AvgIpc) is 2.84. The molecule has 0 heterocycles. The maximum atomic E-state index is 9.72. The molecule has 0 aliphatic rings. The molecule has 0 saturated heterocycles. The Bertz CT molecular complexity index is 772. The summed E-state index contributed by atoms with van der Waals surface area (Å²) < 4.78 is 0. The monoisotopic (exact) mass is 598 g/mol. The van der Waals surface area contributed by atoms with Gasteiger partial charge in [0.2, 0.25) is 0 Å². The van der Waals surface area contributed by atoms with Crippen LogP contribution in [0.4, 0.5) is 0 Å². The van der Waals surface area contributed by atoms with Crippen molar-refractivity contribution < 1.29 is 49.2 Å². The molecule has 196 valence electrons. The van der Waals surface area contributed by atoms with Crippen molar-refractivity contribution in [3.8, 4) is 11.5 Å². The molecule has 0 fully saturated rings. The number of hydrogen-bond acceptors (Lipinski definition) is 4. The van der Waals surface area contributed by atoms with Crippen molar-refractivity contribution in [3.63, 3.8) is 0 Å². The number of aromatic hydroxyl groups is 2. The van der Waals surface area contributed by atoms with Gasteiger partial charge in [-0.1, -0.05) is 38.1 Å². The molecule has 0 unspecified atom stereocenters. The van der Waals surface area contributed by atoms with Gasteiger partial charge in [-0.3, -0.25) is 9.98 Å². The van der Waals surface area contributed by atoms with E-state index in [1.807, 2.05) is 74.4 Å². The fraction of sp³-hybridized carbons (Fsp3) is 0.429. The zero-order valence-electron chi connectivity index (χ0n) is 24.0. The van der Waals surface area contributed by atoms with Crippen LogP contribution < -0.4 is 0 Å². The van der Waals surface area contributed by atoms with E-state index in [-0.39, 0.29) is 50.5 Å². The Morgan fingerprint density at radius 2 is 0.917 bits per heavy atom. The first-order chi connectivity index (χ1) is 16.3. The molecule has 0 saturated carbocycles. The largest absolute Gasteiger partial charge is 0.507 e. The summed E-state index contributed by atoms with van der Waals surface area (Å²) in [6.45, 7) is 15.7. The number of para-hydroxylation sites is 2. The Hall–Kier alpha value is -1.77. The second-order valence-corrected chi connectivity index (χ2v) is 7.23. The van der Waals surface area contributed by atoms with Crippen LogP contribution in [-0.2, 0) is 39.0 Å². The second kappa shape index (κ2) is 26.3. The van der Waals surface area contributed by atoms with Crippen LogP contribution in [0.5, 0.6) is 11.5 Å². The summed E-state index contributed by atoms with van der Waals surface area (Å²) in [5.41, 5.74) is 1.58. The van der Waals surface area contributed by atoms with E-state index in [2.05, 4.69) is 37.7 Å². The summed E-state index contributed by atoms with van der Waals surface area (Å²) in [5.74, 6) is 2.21. The molecule has 8 heteroatoms. The number of aliphatic imine (C=N–C) groups is 2. The van der Waals surface area contributed by atoms with Crippen LogP contribution in [0, 0.1) is 13.8 Å². The van der Waals surface area contributed by atoms with Gasteiger partial charge in [-0.2, -0.15) is 13.8 Å². The average molecular weight is 601 g/mol. The normalized spacial score (nSPS) is 9.94. The SMILES string of the molecule is CCCN=C(c1ccccc1O)N(C)C.CCCN=C(c1ccccc1O)N(C)C.[CH2-]C.[CH2-]C.[Zn].[Zn]. The van der Waals surface area contributed by atoms with Crippen LogP contribution in [0.2, 0.25) is 0 Å². The molecule has 0 aliphatic heterocycles. The van der Waals surface area contributed by atoms with Crippen molar-refractivity contribution in [1.29, 1.82) is 0 Å². The first kappa shape index (κ1) is 41.4. The molecule has 0 amide bonds. The first-order valence-electron chi connectivity index (χ1n) is 11.7. The van der Waals surface area contributed by atoms with Crippen molar-refractivity contribution in [3.05, 3.63) is 73.5 Å². The van der Waals surface area contributed by atoms with Gasteiger partial charge in [0.15, 0.2) is 0 Å². The molecule has 0 aromatic heterocycles. The number of amidine groups is 2.